The van der Waals surface area contributed by atoms with Crippen molar-refractivity contribution >= 4 is 22.8 Å². The van der Waals surface area contributed by atoms with Crippen LogP contribution in [0.15, 0.2) is 32.5 Å². The molecule has 2 rings (SSSR count). The third-order valence-corrected chi connectivity index (χ3v) is 3.71. The number of ether oxygens (including phenoxy) is 2. The largest absolute Gasteiger partial charge is 0.493 e. The van der Waals surface area contributed by atoms with E-state index in [1.807, 2.05) is 6.92 Å². The third kappa shape index (κ3) is 3.91. The van der Waals surface area contributed by atoms with Gasteiger partial charge in [0.05, 0.1) is 25.2 Å². The molecule has 6 nitrogen and oxygen atoms in total. The van der Waals surface area contributed by atoms with Crippen molar-refractivity contribution in [3.05, 3.63) is 39.9 Å². The Morgan fingerprint density at radius 1 is 1.30 bits per heavy atom. The normalized spacial score (nSPS) is 12.7. The summed E-state index contributed by atoms with van der Waals surface area (Å²) in [5.74, 6) is -1.46. The maximum Gasteiger partial charge on any atom is 0.450 e. The fourth-order valence-electron chi connectivity index (χ4n) is 2.51. The molecule has 0 radical (unpaired) electrons. The van der Waals surface area contributed by atoms with Crippen LogP contribution in [0, 0.1) is 0 Å². The SMILES string of the molecule is CCCN=C/C(=C\N)c1c(C(F)(F)F)oc2c(OC)c(OC)ccc2c1=O. The molecular weight excluding hydrogens is 365 g/mol. The van der Waals surface area contributed by atoms with Crippen LogP contribution in [-0.4, -0.2) is 27.0 Å². The Morgan fingerprint density at radius 2 is 2.00 bits per heavy atom. The first kappa shape index (κ1) is 20.3. The molecule has 0 amide bonds. The number of hydrogen-bond donors (Lipinski definition) is 1. The Morgan fingerprint density at radius 3 is 2.52 bits per heavy atom. The maximum absolute atomic E-state index is 13.6. The highest BCUT2D eigenvalue weighted by Crippen LogP contribution is 2.40. The fourth-order valence-corrected chi connectivity index (χ4v) is 2.51. The monoisotopic (exact) mass is 384 g/mol. The average Bonchev–Trinajstić information content (AvgIpc) is 2.64. The summed E-state index contributed by atoms with van der Waals surface area (Å²) in [6.45, 7) is 2.23. The van der Waals surface area contributed by atoms with Crippen LogP contribution in [-0.2, 0) is 6.18 Å². The molecule has 0 aliphatic rings. The lowest BCUT2D eigenvalue weighted by atomic mass is 10.0. The lowest BCUT2D eigenvalue weighted by molar-refractivity contribution is -0.153. The quantitative estimate of drug-likeness (QED) is 0.769. The topological polar surface area (TPSA) is 87.1 Å². The van der Waals surface area contributed by atoms with Gasteiger partial charge in [-0.3, -0.25) is 9.79 Å². The van der Waals surface area contributed by atoms with Crippen LogP contribution in [0.4, 0.5) is 13.2 Å². The van der Waals surface area contributed by atoms with E-state index in [2.05, 4.69) is 4.99 Å². The van der Waals surface area contributed by atoms with Crippen LogP contribution in [0.2, 0.25) is 0 Å². The van der Waals surface area contributed by atoms with Crippen molar-refractivity contribution in [3.8, 4) is 11.5 Å². The van der Waals surface area contributed by atoms with E-state index in [4.69, 9.17) is 19.6 Å². The van der Waals surface area contributed by atoms with E-state index < -0.39 is 22.9 Å². The molecule has 2 N–H and O–H groups in total. The molecule has 27 heavy (non-hydrogen) atoms. The predicted octanol–water partition coefficient (Wildman–Crippen LogP) is 3.61. The van der Waals surface area contributed by atoms with Gasteiger partial charge in [-0.05, 0) is 18.6 Å². The fraction of sp³-hybridized carbons (Fsp3) is 0.333. The number of alkyl halides is 3. The average molecular weight is 384 g/mol. The van der Waals surface area contributed by atoms with Crippen molar-refractivity contribution in [2.24, 2.45) is 10.7 Å². The number of nitrogens with two attached hydrogens (primary N) is 1. The van der Waals surface area contributed by atoms with Crippen molar-refractivity contribution < 1.29 is 27.1 Å². The number of halogens is 3. The number of aliphatic imine (C=N–C) groups is 1. The summed E-state index contributed by atoms with van der Waals surface area (Å²) in [6, 6.07) is 2.72. The van der Waals surface area contributed by atoms with Gasteiger partial charge in [-0.15, -0.1) is 0 Å². The molecule has 1 heterocycles. The molecule has 2 aromatic rings. The molecule has 0 saturated carbocycles. The van der Waals surface area contributed by atoms with Crippen molar-refractivity contribution in [2.45, 2.75) is 19.5 Å². The summed E-state index contributed by atoms with van der Waals surface area (Å²) >= 11 is 0. The molecule has 1 aromatic heterocycles. The molecule has 1 aromatic carbocycles. The molecule has 146 valence electrons. The molecule has 0 saturated heterocycles. The van der Waals surface area contributed by atoms with Gasteiger partial charge in [0.25, 0.3) is 0 Å². The van der Waals surface area contributed by atoms with Gasteiger partial charge in [0.1, 0.15) is 0 Å². The zero-order valence-corrected chi connectivity index (χ0v) is 15.0. The minimum Gasteiger partial charge on any atom is -0.493 e. The molecule has 0 bridgehead atoms. The van der Waals surface area contributed by atoms with E-state index >= 15 is 0 Å². The third-order valence-electron chi connectivity index (χ3n) is 3.71. The molecule has 0 fully saturated rings. The number of benzene rings is 1. The minimum absolute atomic E-state index is 0.0982. The summed E-state index contributed by atoms with van der Waals surface area (Å²) < 4.78 is 56.2. The van der Waals surface area contributed by atoms with Gasteiger partial charge in [-0.2, -0.15) is 13.2 Å². The molecule has 0 atom stereocenters. The Balaban J connectivity index is 2.92. The Kier molecular flexibility index (Phi) is 6.14. The van der Waals surface area contributed by atoms with Gasteiger partial charge in [0, 0.05) is 24.5 Å². The summed E-state index contributed by atoms with van der Waals surface area (Å²) in [5, 5.41) is -0.0982. The van der Waals surface area contributed by atoms with E-state index in [1.54, 1.807) is 0 Å². The lowest BCUT2D eigenvalue weighted by Crippen LogP contribution is -2.20. The predicted molar refractivity (Wildman–Crippen MR) is 96.4 cm³/mol. The number of rotatable bonds is 6. The molecule has 0 spiro atoms. The molecule has 0 unspecified atom stereocenters. The standard InChI is InChI=1S/C18H19F3N2O4/c1-4-7-23-9-10(8-22)13-14(24)11-5-6-12(25-2)16(26-3)15(11)27-17(13)18(19,20)21/h5-6,8-9H,4,7,22H2,1-3H3/b10-8+,23-9?. The van der Waals surface area contributed by atoms with E-state index in [-0.39, 0.29) is 28.0 Å². The van der Waals surface area contributed by atoms with Crippen LogP contribution in [0.25, 0.3) is 16.5 Å². The Labute approximate surface area is 153 Å². The van der Waals surface area contributed by atoms with Crippen molar-refractivity contribution in [1.29, 1.82) is 0 Å². The first-order valence-corrected chi connectivity index (χ1v) is 8.01. The smallest absolute Gasteiger partial charge is 0.450 e. The summed E-state index contributed by atoms with van der Waals surface area (Å²) in [4.78, 5) is 16.9. The van der Waals surface area contributed by atoms with Gasteiger partial charge in [0.2, 0.25) is 16.9 Å². The summed E-state index contributed by atoms with van der Waals surface area (Å²) in [5.41, 5.74) is 3.32. The highest BCUT2D eigenvalue weighted by Gasteiger charge is 2.40. The Hall–Kier alpha value is -2.97. The number of allylic oxidation sites excluding steroid dienone is 1. The summed E-state index contributed by atoms with van der Waals surface area (Å²) in [6.07, 6.45) is -2.22. The second-order valence-electron chi connectivity index (χ2n) is 5.47. The van der Waals surface area contributed by atoms with Gasteiger partial charge >= 0.3 is 6.18 Å². The van der Waals surface area contributed by atoms with E-state index in [1.165, 1.54) is 26.4 Å². The highest BCUT2D eigenvalue weighted by atomic mass is 19.4. The van der Waals surface area contributed by atoms with Crippen molar-refractivity contribution in [1.82, 2.24) is 0 Å². The van der Waals surface area contributed by atoms with Crippen LogP contribution in [0.5, 0.6) is 11.5 Å². The van der Waals surface area contributed by atoms with Gasteiger partial charge in [-0.25, -0.2) is 0 Å². The second-order valence-corrected chi connectivity index (χ2v) is 5.47. The summed E-state index contributed by atoms with van der Waals surface area (Å²) in [7, 11) is 2.56. The second kappa shape index (κ2) is 8.15. The first-order valence-electron chi connectivity index (χ1n) is 8.01. The zero-order chi connectivity index (χ0) is 20.2. The minimum atomic E-state index is -4.94. The number of methoxy groups -OCH3 is 2. The van der Waals surface area contributed by atoms with E-state index in [0.29, 0.717) is 13.0 Å². The lowest BCUT2D eigenvalue weighted by Gasteiger charge is -2.15. The first-order chi connectivity index (χ1) is 12.8. The van der Waals surface area contributed by atoms with Crippen molar-refractivity contribution in [3.63, 3.8) is 0 Å². The van der Waals surface area contributed by atoms with E-state index in [0.717, 1.165) is 12.4 Å². The van der Waals surface area contributed by atoms with Gasteiger partial charge in [0.15, 0.2) is 11.3 Å². The Bertz CT molecular complexity index is 946. The van der Waals surface area contributed by atoms with Gasteiger partial charge < -0.3 is 19.6 Å². The van der Waals surface area contributed by atoms with Gasteiger partial charge in [-0.1, -0.05) is 6.92 Å². The van der Waals surface area contributed by atoms with Crippen molar-refractivity contribution in [2.75, 3.05) is 20.8 Å². The molecular formula is C18H19F3N2O4. The maximum atomic E-state index is 13.6. The number of fused-ring (bicyclic) bond motifs is 1. The zero-order valence-electron chi connectivity index (χ0n) is 15.0. The van der Waals surface area contributed by atoms with Crippen LogP contribution >= 0.6 is 0 Å². The van der Waals surface area contributed by atoms with Crippen LogP contribution in [0.3, 0.4) is 0 Å². The molecule has 0 aliphatic carbocycles. The number of hydrogen-bond acceptors (Lipinski definition) is 6. The highest BCUT2D eigenvalue weighted by molar-refractivity contribution is 6.10. The number of nitrogens with zero attached hydrogens (tertiary/aromatic N) is 1. The molecule has 9 heteroatoms. The molecule has 0 aliphatic heterocycles. The van der Waals surface area contributed by atoms with Crippen LogP contribution in [0.1, 0.15) is 24.7 Å². The van der Waals surface area contributed by atoms with Crippen LogP contribution < -0.4 is 20.6 Å². The van der Waals surface area contributed by atoms with E-state index in [9.17, 15) is 18.0 Å².